The van der Waals surface area contributed by atoms with Gasteiger partial charge in [-0.15, -0.1) is 10.0 Å². The van der Waals surface area contributed by atoms with Crippen molar-refractivity contribution >= 4 is 10.0 Å². The van der Waals surface area contributed by atoms with Gasteiger partial charge in [-0.3, -0.25) is 0 Å². The Balaban J connectivity index is 2.09. The molecule has 0 radical (unpaired) electrons. The van der Waals surface area contributed by atoms with E-state index < -0.39 is 10.0 Å². The third-order valence-electron chi connectivity index (χ3n) is 8.30. The van der Waals surface area contributed by atoms with Crippen LogP contribution in [0.15, 0.2) is 117 Å². The molecule has 0 aliphatic heterocycles. The fourth-order valence-electron chi connectivity index (χ4n) is 5.45. The Morgan fingerprint density at radius 3 is 0.537 bits per heavy atom. The summed E-state index contributed by atoms with van der Waals surface area (Å²) in [5, 5.41) is 0. The van der Waals surface area contributed by atoms with E-state index in [0.717, 1.165) is 0 Å². The molecule has 0 amide bonds. The van der Waals surface area contributed by atoms with Crippen LogP contribution in [0.4, 0.5) is 0 Å². The first-order valence-electron chi connectivity index (χ1n) is 15.1. The number of rotatable bonds is 4. The lowest BCUT2D eigenvalue weighted by Crippen LogP contribution is -2.14. The summed E-state index contributed by atoms with van der Waals surface area (Å²) < 4.78 is 0. The highest BCUT2D eigenvalue weighted by molar-refractivity contribution is 8.34. The summed E-state index contributed by atoms with van der Waals surface area (Å²) in [6.07, 6.45) is 0. The lowest BCUT2D eigenvalue weighted by Gasteiger charge is -2.43. The van der Waals surface area contributed by atoms with Crippen LogP contribution in [0.5, 0.6) is 0 Å². The van der Waals surface area contributed by atoms with Gasteiger partial charge >= 0.3 is 0 Å². The molecule has 0 saturated heterocycles. The third kappa shape index (κ3) is 6.36. The van der Waals surface area contributed by atoms with Crippen molar-refractivity contribution in [1.82, 2.24) is 0 Å². The molecular weight excluding hydrogens is 513 g/mol. The largest absolute Gasteiger partial charge is 0.133 e. The number of hydrogen-bond acceptors (Lipinski definition) is 0. The summed E-state index contributed by atoms with van der Waals surface area (Å²) in [4.78, 5) is 5.50. The summed E-state index contributed by atoms with van der Waals surface area (Å²) >= 11 is 0. The maximum Gasteiger partial charge on any atom is 0.00231 e. The fourth-order valence-corrected chi connectivity index (χ4v) is 9.26. The second-order valence-electron chi connectivity index (χ2n) is 15.7. The maximum absolute atomic E-state index is 2.41. The monoisotopic (exact) mass is 564 g/mol. The highest BCUT2D eigenvalue weighted by atomic mass is 32.3. The van der Waals surface area contributed by atoms with Gasteiger partial charge in [0.15, 0.2) is 0 Å². The minimum Gasteiger partial charge on any atom is -0.133 e. The van der Waals surface area contributed by atoms with Crippen LogP contribution in [0.25, 0.3) is 0 Å². The van der Waals surface area contributed by atoms with E-state index in [1.807, 2.05) is 0 Å². The molecule has 0 nitrogen and oxygen atoms in total. The van der Waals surface area contributed by atoms with E-state index in [2.05, 4.69) is 180 Å². The normalized spacial score (nSPS) is 13.8. The van der Waals surface area contributed by atoms with Gasteiger partial charge in [0.05, 0.1) is 0 Å². The van der Waals surface area contributed by atoms with E-state index in [-0.39, 0.29) is 21.7 Å². The SMILES string of the molecule is CC(C)(C)c1ccc(S(c2ccc(C(C)(C)C)cc2)(c2ccc(C(C)(C)C)cc2)c2ccc(C(C)(C)C)cc2)cc1. The summed E-state index contributed by atoms with van der Waals surface area (Å²) in [7, 11) is -1.76. The molecule has 0 fully saturated rings. The molecule has 0 heterocycles. The Hall–Kier alpha value is -2.77. The van der Waals surface area contributed by atoms with Crippen LogP contribution in [0.3, 0.4) is 0 Å². The summed E-state index contributed by atoms with van der Waals surface area (Å²) in [5.41, 5.74) is 5.88. The van der Waals surface area contributed by atoms with Crippen molar-refractivity contribution in [2.24, 2.45) is 0 Å². The van der Waals surface area contributed by atoms with Gasteiger partial charge < -0.3 is 0 Å². The van der Waals surface area contributed by atoms with Gasteiger partial charge in [-0.1, -0.05) is 132 Å². The zero-order chi connectivity index (χ0) is 30.4. The minimum atomic E-state index is -1.76. The fraction of sp³-hybridized carbons (Fsp3) is 0.400. The molecule has 1 heteroatoms. The van der Waals surface area contributed by atoms with Gasteiger partial charge in [-0.25, -0.2) is 0 Å². The van der Waals surface area contributed by atoms with Crippen molar-refractivity contribution in [3.63, 3.8) is 0 Å². The van der Waals surface area contributed by atoms with Crippen molar-refractivity contribution in [3.8, 4) is 0 Å². The Morgan fingerprint density at radius 2 is 0.415 bits per heavy atom. The first-order valence-corrected chi connectivity index (χ1v) is 16.7. The van der Waals surface area contributed by atoms with Crippen LogP contribution >= 0.6 is 10.0 Å². The number of benzene rings is 4. The Bertz CT molecular complexity index is 1210. The van der Waals surface area contributed by atoms with Gasteiger partial charge in [0.2, 0.25) is 0 Å². The van der Waals surface area contributed by atoms with Crippen molar-refractivity contribution in [2.45, 2.75) is 124 Å². The molecule has 4 aromatic carbocycles. The molecule has 218 valence electrons. The molecule has 0 saturated carbocycles. The van der Waals surface area contributed by atoms with Crippen LogP contribution in [0.1, 0.15) is 105 Å². The molecule has 4 aromatic rings. The summed E-state index contributed by atoms with van der Waals surface area (Å²) in [6, 6.07) is 38.1. The Morgan fingerprint density at radius 1 is 0.268 bits per heavy atom. The van der Waals surface area contributed by atoms with E-state index >= 15 is 0 Å². The molecule has 0 aliphatic carbocycles. The smallest absolute Gasteiger partial charge is 0.00231 e. The Labute approximate surface area is 253 Å². The zero-order valence-electron chi connectivity index (χ0n) is 27.6. The standard InChI is InChI=1S/C40H52S/c1-37(2,3)29-13-21-33(22-14-29)41(34-23-15-30(16-24-34)38(4,5)6,35-25-17-31(18-26-35)39(7,8)9)36-27-19-32(20-28-36)40(10,11)12/h13-28H,1-12H3. The van der Waals surface area contributed by atoms with Crippen LogP contribution in [-0.2, 0) is 21.7 Å². The van der Waals surface area contributed by atoms with Gasteiger partial charge in [0.25, 0.3) is 0 Å². The Kier molecular flexibility index (Phi) is 8.22. The quantitative estimate of drug-likeness (QED) is 0.231. The molecule has 0 aliphatic rings. The third-order valence-corrected chi connectivity index (χ3v) is 12.2. The summed E-state index contributed by atoms with van der Waals surface area (Å²) in [5.74, 6) is 0. The van der Waals surface area contributed by atoms with E-state index in [4.69, 9.17) is 0 Å². The zero-order valence-corrected chi connectivity index (χ0v) is 28.5. The van der Waals surface area contributed by atoms with Gasteiger partial charge in [-0.2, -0.15) is 0 Å². The first kappa shape index (κ1) is 31.2. The molecule has 0 aromatic heterocycles. The second kappa shape index (κ2) is 10.8. The van der Waals surface area contributed by atoms with Gasteiger partial charge in [0, 0.05) is 19.6 Å². The topological polar surface area (TPSA) is 0 Å². The molecular formula is C40H52S. The van der Waals surface area contributed by atoms with Crippen molar-refractivity contribution in [2.75, 3.05) is 0 Å². The average molecular weight is 565 g/mol. The van der Waals surface area contributed by atoms with Crippen LogP contribution < -0.4 is 0 Å². The van der Waals surface area contributed by atoms with Crippen molar-refractivity contribution in [1.29, 1.82) is 0 Å². The molecule has 0 N–H and O–H groups in total. The first-order chi connectivity index (χ1) is 18.8. The van der Waals surface area contributed by atoms with Crippen molar-refractivity contribution in [3.05, 3.63) is 119 Å². The van der Waals surface area contributed by atoms with Crippen LogP contribution in [0.2, 0.25) is 0 Å². The van der Waals surface area contributed by atoms with E-state index in [0.29, 0.717) is 0 Å². The predicted molar refractivity (Wildman–Crippen MR) is 181 cm³/mol. The van der Waals surface area contributed by atoms with Crippen LogP contribution in [0, 0.1) is 0 Å². The number of hydrogen-bond donors (Lipinski definition) is 0. The average Bonchev–Trinajstić information content (AvgIpc) is 2.88. The van der Waals surface area contributed by atoms with Crippen LogP contribution in [-0.4, -0.2) is 0 Å². The lowest BCUT2D eigenvalue weighted by atomic mass is 9.87. The molecule has 0 bridgehead atoms. The van der Waals surface area contributed by atoms with E-state index in [1.54, 1.807) is 0 Å². The minimum absolute atomic E-state index is 0.105. The van der Waals surface area contributed by atoms with Crippen molar-refractivity contribution < 1.29 is 0 Å². The predicted octanol–water partition coefficient (Wildman–Crippen LogP) is 12.2. The lowest BCUT2D eigenvalue weighted by molar-refractivity contribution is 0.589. The second-order valence-corrected chi connectivity index (χ2v) is 18.8. The molecule has 41 heavy (non-hydrogen) atoms. The maximum atomic E-state index is 2.41. The van der Waals surface area contributed by atoms with E-state index in [1.165, 1.54) is 41.8 Å². The highest BCUT2D eigenvalue weighted by Gasteiger charge is 2.34. The highest BCUT2D eigenvalue weighted by Crippen LogP contribution is 2.73. The molecule has 4 rings (SSSR count). The summed E-state index contributed by atoms with van der Waals surface area (Å²) in [6.45, 7) is 27.5. The molecule has 0 unspecified atom stereocenters. The van der Waals surface area contributed by atoms with Gasteiger partial charge in [-0.05, 0) is 92.4 Å². The van der Waals surface area contributed by atoms with Gasteiger partial charge in [0.1, 0.15) is 0 Å². The molecule has 0 spiro atoms. The molecule has 0 atom stereocenters. The van der Waals surface area contributed by atoms with E-state index in [9.17, 15) is 0 Å².